The minimum Gasteiger partial charge on any atom is -0.435 e. The Labute approximate surface area is 120 Å². The summed E-state index contributed by atoms with van der Waals surface area (Å²) in [4.78, 5) is 1.01. The summed E-state index contributed by atoms with van der Waals surface area (Å²) in [5.74, 6) is 0.753. The Morgan fingerprint density at radius 2 is 1.75 bits per heavy atom. The van der Waals surface area contributed by atoms with E-state index in [9.17, 15) is 8.78 Å². The number of alkyl halides is 2. The molecule has 0 aromatic heterocycles. The van der Waals surface area contributed by atoms with Gasteiger partial charge in [0.2, 0.25) is 0 Å². The molecule has 0 aliphatic carbocycles. The highest BCUT2D eigenvalue weighted by Gasteiger charge is 2.09. The second-order valence-corrected chi connectivity index (χ2v) is 5.13. The molecule has 0 aliphatic rings. The van der Waals surface area contributed by atoms with Gasteiger partial charge in [0.25, 0.3) is 0 Å². The van der Waals surface area contributed by atoms with Crippen LogP contribution in [0.3, 0.4) is 0 Å². The van der Waals surface area contributed by atoms with Gasteiger partial charge in [-0.15, -0.1) is 11.8 Å². The molecule has 2 nitrogen and oxygen atoms in total. The average Bonchev–Trinajstić information content (AvgIpc) is 2.46. The van der Waals surface area contributed by atoms with Gasteiger partial charge in [0.1, 0.15) is 5.75 Å². The highest BCUT2D eigenvalue weighted by molar-refractivity contribution is 7.98. The summed E-state index contributed by atoms with van der Waals surface area (Å²) >= 11 is 1.53. The minimum absolute atomic E-state index is 0.00993. The van der Waals surface area contributed by atoms with Gasteiger partial charge in [-0.25, -0.2) is 0 Å². The van der Waals surface area contributed by atoms with Crippen LogP contribution in [0.15, 0.2) is 53.4 Å². The number of hydrogen-bond donors (Lipinski definition) is 1. The van der Waals surface area contributed by atoms with Crippen molar-refractivity contribution in [3.8, 4) is 5.75 Å². The van der Waals surface area contributed by atoms with E-state index in [-0.39, 0.29) is 12.4 Å². The number of ether oxygens (including phenoxy) is 1. The van der Waals surface area contributed by atoms with Crippen LogP contribution in [0, 0.1) is 0 Å². The van der Waals surface area contributed by atoms with Crippen molar-refractivity contribution < 1.29 is 18.6 Å². The third-order valence-electron chi connectivity index (χ3n) is 2.69. The monoisotopic (exact) mass is 296 g/mol. The first-order valence-electron chi connectivity index (χ1n) is 6.04. The average molecular weight is 296 g/mol. The molecule has 5 heteroatoms. The molecule has 0 bridgehead atoms. The van der Waals surface area contributed by atoms with Crippen molar-refractivity contribution in [2.45, 2.75) is 23.9 Å². The van der Waals surface area contributed by atoms with Crippen molar-refractivity contribution >= 4 is 11.8 Å². The third kappa shape index (κ3) is 4.21. The number of rotatable bonds is 6. The maximum absolute atomic E-state index is 12.3. The van der Waals surface area contributed by atoms with E-state index in [0.29, 0.717) is 5.75 Å². The Morgan fingerprint density at radius 3 is 2.40 bits per heavy atom. The zero-order valence-corrected chi connectivity index (χ0v) is 11.4. The number of aliphatic hydroxyl groups excluding tert-OH is 1. The van der Waals surface area contributed by atoms with Crippen molar-refractivity contribution in [1.82, 2.24) is 0 Å². The molecule has 0 aliphatic heterocycles. The highest BCUT2D eigenvalue weighted by Crippen LogP contribution is 2.28. The molecule has 0 unspecified atom stereocenters. The van der Waals surface area contributed by atoms with E-state index in [1.54, 1.807) is 18.2 Å². The predicted octanol–water partition coefficient (Wildman–Crippen LogP) is 4.07. The molecule has 2 aromatic rings. The fourth-order valence-electron chi connectivity index (χ4n) is 1.69. The zero-order chi connectivity index (χ0) is 14.4. The van der Waals surface area contributed by atoms with Crippen LogP contribution in [-0.2, 0) is 12.4 Å². The molecule has 0 atom stereocenters. The topological polar surface area (TPSA) is 29.5 Å². The standard InChI is InChI=1S/C15H14F2O2S/c16-15(17)19-14-4-2-1-3-12(14)10-20-13-7-5-11(9-18)6-8-13/h1-8,15,18H,9-10H2. The number of para-hydroxylation sites is 1. The van der Waals surface area contributed by atoms with E-state index in [1.165, 1.54) is 17.8 Å². The van der Waals surface area contributed by atoms with Gasteiger partial charge in [0.05, 0.1) is 6.61 Å². The van der Waals surface area contributed by atoms with Gasteiger partial charge in [0.15, 0.2) is 0 Å². The van der Waals surface area contributed by atoms with E-state index >= 15 is 0 Å². The molecular formula is C15H14F2O2S. The molecule has 0 saturated carbocycles. The number of halogens is 2. The van der Waals surface area contributed by atoms with E-state index in [0.717, 1.165) is 16.0 Å². The molecule has 106 valence electrons. The Morgan fingerprint density at radius 1 is 1.05 bits per heavy atom. The van der Waals surface area contributed by atoms with Gasteiger partial charge in [-0.05, 0) is 23.8 Å². The van der Waals surface area contributed by atoms with E-state index in [4.69, 9.17) is 5.11 Å². The van der Waals surface area contributed by atoms with Crippen LogP contribution in [0.1, 0.15) is 11.1 Å². The van der Waals surface area contributed by atoms with Crippen LogP contribution in [-0.4, -0.2) is 11.7 Å². The third-order valence-corrected chi connectivity index (χ3v) is 3.75. The molecule has 0 fully saturated rings. The van der Waals surface area contributed by atoms with Gasteiger partial charge >= 0.3 is 6.61 Å². The summed E-state index contributed by atoms with van der Waals surface area (Å²) in [5, 5.41) is 8.96. The minimum atomic E-state index is -2.81. The molecule has 0 amide bonds. The number of hydrogen-bond acceptors (Lipinski definition) is 3. The second kappa shape index (κ2) is 7.26. The van der Waals surface area contributed by atoms with Crippen LogP contribution in [0.5, 0.6) is 5.75 Å². The summed E-state index contributed by atoms with van der Waals surface area (Å²) in [6.45, 7) is -2.80. The van der Waals surface area contributed by atoms with E-state index in [2.05, 4.69) is 4.74 Å². The van der Waals surface area contributed by atoms with Crippen molar-refractivity contribution in [1.29, 1.82) is 0 Å². The molecule has 0 heterocycles. The Kier molecular flexibility index (Phi) is 5.38. The SMILES string of the molecule is OCc1ccc(SCc2ccccc2OC(F)F)cc1. The number of benzene rings is 2. The fraction of sp³-hybridized carbons (Fsp3) is 0.200. The Hall–Kier alpha value is -1.59. The Bertz CT molecular complexity index is 544. The first kappa shape index (κ1) is 14.8. The lowest BCUT2D eigenvalue weighted by atomic mass is 10.2. The normalized spacial score (nSPS) is 10.8. The van der Waals surface area contributed by atoms with Gasteiger partial charge in [-0.2, -0.15) is 8.78 Å². The summed E-state index contributed by atoms with van der Waals surface area (Å²) < 4.78 is 29.1. The van der Waals surface area contributed by atoms with Gasteiger partial charge in [-0.1, -0.05) is 30.3 Å². The lowest BCUT2D eigenvalue weighted by Gasteiger charge is -2.10. The van der Waals surface area contributed by atoms with Gasteiger partial charge in [0, 0.05) is 16.2 Å². The molecule has 2 rings (SSSR count). The quantitative estimate of drug-likeness (QED) is 0.815. The molecular weight excluding hydrogens is 282 g/mol. The first-order chi connectivity index (χ1) is 9.69. The zero-order valence-electron chi connectivity index (χ0n) is 10.6. The number of thioether (sulfide) groups is 1. The number of aliphatic hydroxyl groups is 1. The maximum atomic E-state index is 12.3. The van der Waals surface area contributed by atoms with Crippen molar-refractivity contribution in [3.63, 3.8) is 0 Å². The molecule has 0 saturated heterocycles. The predicted molar refractivity (Wildman–Crippen MR) is 75.0 cm³/mol. The lowest BCUT2D eigenvalue weighted by Crippen LogP contribution is -2.03. The van der Waals surface area contributed by atoms with Crippen LogP contribution >= 0.6 is 11.8 Å². The summed E-state index contributed by atoms with van der Waals surface area (Å²) in [5.41, 5.74) is 1.57. The summed E-state index contributed by atoms with van der Waals surface area (Å²) in [6, 6.07) is 14.2. The maximum Gasteiger partial charge on any atom is 0.387 e. The van der Waals surface area contributed by atoms with Crippen molar-refractivity contribution in [2.75, 3.05) is 0 Å². The smallest absolute Gasteiger partial charge is 0.387 e. The van der Waals surface area contributed by atoms with Gasteiger partial charge < -0.3 is 9.84 Å². The lowest BCUT2D eigenvalue weighted by molar-refractivity contribution is -0.0503. The fourth-order valence-corrected chi connectivity index (χ4v) is 2.58. The highest BCUT2D eigenvalue weighted by atomic mass is 32.2. The van der Waals surface area contributed by atoms with E-state index < -0.39 is 6.61 Å². The largest absolute Gasteiger partial charge is 0.435 e. The van der Waals surface area contributed by atoms with Crippen LogP contribution in [0.25, 0.3) is 0 Å². The Balaban J connectivity index is 2.02. The molecule has 20 heavy (non-hydrogen) atoms. The van der Waals surface area contributed by atoms with Crippen molar-refractivity contribution in [2.24, 2.45) is 0 Å². The summed E-state index contributed by atoms with van der Waals surface area (Å²) in [6.07, 6.45) is 0. The van der Waals surface area contributed by atoms with Crippen LogP contribution < -0.4 is 4.74 Å². The summed E-state index contributed by atoms with van der Waals surface area (Å²) in [7, 11) is 0. The van der Waals surface area contributed by atoms with Crippen molar-refractivity contribution in [3.05, 3.63) is 59.7 Å². The molecule has 0 radical (unpaired) electrons. The molecule has 2 aromatic carbocycles. The van der Waals surface area contributed by atoms with Gasteiger partial charge in [-0.3, -0.25) is 0 Å². The van der Waals surface area contributed by atoms with Crippen LogP contribution in [0.4, 0.5) is 8.78 Å². The molecule has 0 spiro atoms. The molecule has 1 N–H and O–H groups in total. The van der Waals surface area contributed by atoms with Crippen LogP contribution in [0.2, 0.25) is 0 Å². The van der Waals surface area contributed by atoms with E-state index in [1.807, 2.05) is 24.3 Å². The first-order valence-corrected chi connectivity index (χ1v) is 7.03. The second-order valence-electron chi connectivity index (χ2n) is 4.08.